The van der Waals surface area contributed by atoms with Crippen molar-refractivity contribution in [2.75, 3.05) is 7.05 Å². The summed E-state index contributed by atoms with van der Waals surface area (Å²) in [6.45, 7) is 9.33. The van der Waals surface area contributed by atoms with Gasteiger partial charge in [-0.25, -0.2) is 8.78 Å². The molecule has 0 heterocycles. The maximum atomic E-state index is 13.3. The van der Waals surface area contributed by atoms with Crippen molar-refractivity contribution < 1.29 is 8.78 Å². The Morgan fingerprint density at radius 3 is 2.39 bits per heavy atom. The van der Waals surface area contributed by atoms with E-state index >= 15 is 0 Å². The number of halogens is 2. The summed E-state index contributed by atoms with van der Waals surface area (Å²) in [4.78, 5) is 0. The minimum absolute atomic E-state index is 0.131. The molecule has 0 bridgehead atoms. The van der Waals surface area contributed by atoms with Crippen LogP contribution in [0.4, 0.5) is 8.78 Å². The Balaban J connectivity index is 0. The Morgan fingerprint density at radius 1 is 1.33 bits per heavy atom. The van der Waals surface area contributed by atoms with E-state index in [0.29, 0.717) is 6.42 Å². The van der Waals surface area contributed by atoms with Gasteiger partial charge in [0.2, 0.25) is 0 Å². The summed E-state index contributed by atoms with van der Waals surface area (Å²) >= 11 is 0. The van der Waals surface area contributed by atoms with Crippen LogP contribution in [0.5, 0.6) is 0 Å². The van der Waals surface area contributed by atoms with Gasteiger partial charge in [-0.1, -0.05) is 45.6 Å². The van der Waals surface area contributed by atoms with E-state index in [4.69, 9.17) is 0 Å². The number of likely N-dealkylation sites (N-methyl/N-ethyl adjacent to an activating group) is 1. The second-order valence-corrected chi connectivity index (χ2v) is 3.31. The molecule has 0 aromatic heterocycles. The maximum Gasteiger partial charge on any atom is 0.121 e. The van der Waals surface area contributed by atoms with Crippen molar-refractivity contribution in [2.45, 2.75) is 39.7 Å². The molecule has 0 aliphatic carbocycles. The molecule has 0 aromatic rings. The molecule has 0 aliphatic rings. The van der Waals surface area contributed by atoms with E-state index < -0.39 is 11.7 Å². The van der Waals surface area contributed by atoms with Gasteiger partial charge in [-0.15, -0.1) is 0 Å². The zero-order valence-corrected chi connectivity index (χ0v) is 11.8. The highest BCUT2D eigenvalue weighted by atomic mass is 19.1. The van der Waals surface area contributed by atoms with Crippen molar-refractivity contribution in [1.29, 1.82) is 0 Å². The molecule has 1 nitrogen and oxygen atoms in total. The van der Waals surface area contributed by atoms with Crippen LogP contribution in [0.25, 0.3) is 0 Å². The first-order valence-corrected chi connectivity index (χ1v) is 6.32. The number of hydrogen-bond acceptors (Lipinski definition) is 1. The Hall–Kier alpha value is -1.22. The molecule has 0 radical (unpaired) electrons. The Labute approximate surface area is 110 Å². The van der Waals surface area contributed by atoms with Crippen LogP contribution in [0.15, 0.2) is 48.6 Å². The van der Waals surface area contributed by atoms with Crippen molar-refractivity contribution in [3.63, 3.8) is 0 Å². The minimum atomic E-state index is -0.525. The molecule has 0 spiro atoms. The first-order valence-electron chi connectivity index (χ1n) is 6.32. The third-order valence-electron chi connectivity index (χ3n) is 1.96. The first-order chi connectivity index (χ1) is 8.63. The Bertz CT molecular complexity index is 291. The molecule has 1 N–H and O–H groups in total. The average molecular weight is 257 g/mol. The lowest BCUT2D eigenvalue weighted by Crippen LogP contribution is -2.22. The lowest BCUT2D eigenvalue weighted by atomic mass is 10.1. The summed E-state index contributed by atoms with van der Waals surface area (Å²) in [5.74, 6) is -1.00. The van der Waals surface area contributed by atoms with Crippen molar-refractivity contribution in [1.82, 2.24) is 5.32 Å². The van der Waals surface area contributed by atoms with Crippen LogP contribution in [0, 0.1) is 0 Å². The van der Waals surface area contributed by atoms with E-state index in [0.717, 1.165) is 6.08 Å². The molecule has 0 aromatic carbocycles. The summed E-state index contributed by atoms with van der Waals surface area (Å²) in [6.07, 6.45) is 8.08. The van der Waals surface area contributed by atoms with Gasteiger partial charge in [0.05, 0.1) is 0 Å². The van der Waals surface area contributed by atoms with Crippen LogP contribution < -0.4 is 5.32 Å². The molecule has 18 heavy (non-hydrogen) atoms. The van der Waals surface area contributed by atoms with Gasteiger partial charge in [-0.3, -0.25) is 0 Å². The normalized spacial score (nSPS) is 14.1. The fraction of sp³-hybridized carbons (Fsp3) is 0.467. The molecule has 0 fully saturated rings. The van der Waals surface area contributed by atoms with Crippen LogP contribution in [-0.2, 0) is 0 Å². The van der Waals surface area contributed by atoms with Gasteiger partial charge in [-0.2, -0.15) is 0 Å². The molecule has 1 atom stereocenters. The van der Waals surface area contributed by atoms with E-state index in [-0.39, 0.29) is 12.5 Å². The lowest BCUT2D eigenvalue weighted by Gasteiger charge is -2.09. The summed E-state index contributed by atoms with van der Waals surface area (Å²) < 4.78 is 26.3. The quantitative estimate of drug-likeness (QED) is 0.643. The molecule has 104 valence electrons. The van der Waals surface area contributed by atoms with Crippen molar-refractivity contribution in [3.8, 4) is 0 Å². The number of allylic oxidation sites excluding steroid dienone is 5. The smallest absolute Gasteiger partial charge is 0.121 e. The molecule has 0 saturated heterocycles. The van der Waals surface area contributed by atoms with Crippen LogP contribution in [-0.4, -0.2) is 13.1 Å². The minimum Gasteiger partial charge on any atom is -0.313 e. The third-order valence-corrected chi connectivity index (χ3v) is 1.96. The predicted octanol–water partition coefficient (Wildman–Crippen LogP) is 4.85. The topological polar surface area (TPSA) is 12.0 Å². The standard InChI is InChI=1S/C13H19F2N.C2H6/c1-4-6-8-13(16-3)10-12(15)9-11(14)7-5-2;1-2/h4,6-9,13,16H,1,5,10H2,2-3H3;1-2H3/b8-6-,11-7+,12-9+;. The Kier molecular flexibility index (Phi) is 14.7. The zero-order valence-electron chi connectivity index (χ0n) is 11.8. The van der Waals surface area contributed by atoms with E-state index in [2.05, 4.69) is 11.9 Å². The van der Waals surface area contributed by atoms with Crippen LogP contribution in [0.1, 0.15) is 33.6 Å². The van der Waals surface area contributed by atoms with E-state index in [1.807, 2.05) is 13.8 Å². The van der Waals surface area contributed by atoms with Gasteiger partial charge in [0.1, 0.15) is 11.7 Å². The molecular formula is C15H25F2N. The second-order valence-electron chi connectivity index (χ2n) is 3.31. The van der Waals surface area contributed by atoms with Crippen molar-refractivity contribution in [2.24, 2.45) is 0 Å². The zero-order chi connectivity index (χ0) is 14.4. The second kappa shape index (κ2) is 13.8. The van der Waals surface area contributed by atoms with Crippen LogP contribution in [0.2, 0.25) is 0 Å². The molecule has 1 unspecified atom stereocenters. The highest BCUT2D eigenvalue weighted by Gasteiger charge is 2.05. The largest absolute Gasteiger partial charge is 0.313 e. The number of hydrogen-bond donors (Lipinski definition) is 1. The van der Waals surface area contributed by atoms with E-state index in [9.17, 15) is 8.78 Å². The molecule has 0 amide bonds. The fourth-order valence-corrected chi connectivity index (χ4v) is 1.15. The van der Waals surface area contributed by atoms with Gasteiger partial charge < -0.3 is 5.32 Å². The van der Waals surface area contributed by atoms with E-state index in [1.54, 1.807) is 32.2 Å². The highest BCUT2D eigenvalue weighted by molar-refractivity contribution is 5.16. The Morgan fingerprint density at radius 2 is 1.94 bits per heavy atom. The maximum absolute atomic E-state index is 13.3. The van der Waals surface area contributed by atoms with Gasteiger partial charge >= 0.3 is 0 Å². The first kappa shape index (κ1) is 19.1. The average Bonchev–Trinajstić information content (AvgIpc) is 2.37. The van der Waals surface area contributed by atoms with Crippen LogP contribution >= 0.6 is 0 Å². The van der Waals surface area contributed by atoms with E-state index in [1.165, 1.54) is 6.08 Å². The summed E-state index contributed by atoms with van der Waals surface area (Å²) in [5, 5.41) is 2.92. The van der Waals surface area contributed by atoms with Crippen molar-refractivity contribution in [3.05, 3.63) is 48.6 Å². The van der Waals surface area contributed by atoms with Crippen LogP contribution in [0.3, 0.4) is 0 Å². The van der Waals surface area contributed by atoms with Crippen molar-refractivity contribution >= 4 is 0 Å². The third kappa shape index (κ3) is 11.3. The molecule has 0 aliphatic heterocycles. The fourth-order valence-electron chi connectivity index (χ4n) is 1.15. The summed E-state index contributed by atoms with van der Waals surface area (Å²) in [7, 11) is 1.73. The number of nitrogens with one attached hydrogen (secondary N) is 1. The predicted molar refractivity (Wildman–Crippen MR) is 76.8 cm³/mol. The highest BCUT2D eigenvalue weighted by Crippen LogP contribution is 2.12. The molecule has 3 heteroatoms. The summed E-state index contributed by atoms with van der Waals surface area (Å²) in [5.41, 5.74) is 0. The monoisotopic (exact) mass is 257 g/mol. The van der Waals surface area contributed by atoms with Gasteiger partial charge in [0.15, 0.2) is 0 Å². The van der Waals surface area contributed by atoms with Gasteiger partial charge in [0, 0.05) is 18.5 Å². The lowest BCUT2D eigenvalue weighted by molar-refractivity contribution is 0.529. The summed E-state index contributed by atoms with van der Waals surface area (Å²) in [6, 6.07) is -0.149. The van der Waals surface area contributed by atoms with Gasteiger partial charge in [0.25, 0.3) is 0 Å². The molecule has 0 saturated carbocycles. The molecular weight excluding hydrogens is 232 g/mol. The van der Waals surface area contributed by atoms with Gasteiger partial charge in [-0.05, 0) is 19.5 Å². The molecule has 0 rings (SSSR count). The number of rotatable bonds is 7. The SMILES string of the molecule is C=C/C=C\C(C/C(F)=C\C(F)=C/CC)NC.CC.